The fraction of sp³-hybridized carbons (Fsp3) is 0.545. The van der Waals surface area contributed by atoms with E-state index in [1.54, 1.807) is 7.11 Å². The van der Waals surface area contributed by atoms with Crippen molar-refractivity contribution in [3.05, 3.63) is 24.0 Å². The number of nitriles is 1. The van der Waals surface area contributed by atoms with Crippen LogP contribution in [0.25, 0.3) is 11.0 Å². The number of H-pyrrole nitrogens is 1. The molecule has 0 amide bonds. The summed E-state index contributed by atoms with van der Waals surface area (Å²) in [6.45, 7) is 1.95. The van der Waals surface area contributed by atoms with E-state index in [0.29, 0.717) is 48.1 Å². The van der Waals surface area contributed by atoms with E-state index in [0.717, 1.165) is 48.8 Å². The first-order valence-corrected chi connectivity index (χ1v) is 11.0. The number of hydrogen-bond donors (Lipinski definition) is 3. The lowest BCUT2D eigenvalue weighted by Gasteiger charge is -2.44. The SMILES string of the molecule is COc1nc(Nc2cc(C)[nH]n2)nc2c1ccn2C1C[C@H]2CC(CCC#N)C[C@@H](C1)N2. The van der Waals surface area contributed by atoms with Crippen LogP contribution in [0.5, 0.6) is 5.88 Å². The Kier molecular flexibility index (Phi) is 5.24. The molecule has 0 radical (unpaired) electrons. The van der Waals surface area contributed by atoms with E-state index < -0.39 is 0 Å². The van der Waals surface area contributed by atoms with E-state index in [9.17, 15) is 0 Å². The Morgan fingerprint density at radius 1 is 1.26 bits per heavy atom. The van der Waals surface area contributed by atoms with E-state index in [-0.39, 0.29) is 0 Å². The van der Waals surface area contributed by atoms with Gasteiger partial charge in [-0.25, -0.2) is 0 Å². The molecule has 0 aliphatic carbocycles. The van der Waals surface area contributed by atoms with E-state index in [1.165, 1.54) is 0 Å². The van der Waals surface area contributed by atoms with Crippen LogP contribution in [0.4, 0.5) is 11.8 Å². The average molecular weight is 421 g/mol. The second kappa shape index (κ2) is 8.19. The molecule has 3 N–H and O–H groups in total. The van der Waals surface area contributed by atoms with Gasteiger partial charge in [0.05, 0.1) is 18.6 Å². The zero-order valence-electron chi connectivity index (χ0n) is 17.9. The number of anilines is 2. The molecule has 5 rings (SSSR count). The zero-order valence-corrected chi connectivity index (χ0v) is 17.9. The summed E-state index contributed by atoms with van der Waals surface area (Å²) in [5.41, 5.74) is 1.85. The minimum absolute atomic E-state index is 0.380. The van der Waals surface area contributed by atoms with E-state index >= 15 is 0 Å². The Labute approximate surface area is 181 Å². The van der Waals surface area contributed by atoms with Crippen LogP contribution >= 0.6 is 0 Å². The summed E-state index contributed by atoms with van der Waals surface area (Å²) in [5, 5.41) is 24.0. The van der Waals surface area contributed by atoms with E-state index in [4.69, 9.17) is 15.0 Å². The number of fused-ring (bicyclic) bond motifs is 3. The van der Waals surface area contributed by atoms with Gasteiger partial charge in [0.15, 0.2) is 5.82 Å². The third-order valence-electron chi connectivity index (χ3n) is 6.55. The first-order chi connectivity index (χ1) is 15.1. The van der Waals surface area contributed by atoms with Gasteiger partial charge in [0.2, 0.25) is 11.8 Å². The summed E-state index contributed by atoms with van der Waals surface area (Å²) in [6, 6.07) is 7.63. The molecule has 5 heterocycles. The van der Waals surface area contributed by atoms with Gasteiger partial charge >= 0.3 is 0 Å². The number of nitrogens with zero attached hydrogens (tertiary/aromatic N) is 5. The molecule has 2 aliphatic rings. The molecular formula is C22H28N8O. The Balaban J connectivity index is 1.41. The summed E-state index contributed by atoms with van der Waals surface area (Å²) in [6.07, 6.45) is 8.23. The fourth-order valence-electron chi connectivity index (χ4n) is 5.29. The number of aryl methyl sites for hydroxylation is 1. The van der Waals surface area contributed by atoms with Gasteiger partial charge in [-0.1, -0.05) is 0 Å². The Hall–Kier alpha value is -3.12. The highest BCUT2D eigenvalue weighted by Gasteiger charge is 2.36. The third kappa shape index (κ3) is 3.95. The number of rotatable bonds is 6. The minimum Gasteiger partial charge on any atom is -0.480 e. The van der Waals surface area contributed by atoms with Gasteiger partial charge in [-0.2, -0.15) is 20.3 Å². The lowest BCUT2D eigenvalue weighted by Crippen LogP contribution is -2.51. The predicted molar refractivity (Wildman–Crippen MR) is 117 cm³/mol. The van der Waals surface area contributed by atoms with Crippen molar-refractivity contribution in [3.8, 4) is 11.9 Å². The summed E-state index contributed by atoms with van der Waals surface area (Å²) >= 11 is 0. The van der Waals surface area contributed by atoms with Gasteiger partial charge in [0.25, 0.3) is 0 Å². The average Bonchev–Trinajstić information content (AvgIpc) is 3.37. The maximum Gasteiger partial charge on any atom is 0.233 e. The highest BCUT2D eigenvalue weighted by Crippen LogP contribution is 2.39. The van der Waals surface area contributed by atoms with E-state index in [1.807, 2.05) is 19.1 Å². The molecule has 9 heteroatoms. The van der Waals surface area contributed by atoms with Crippen molar-refractivity contribution < 1.29 is 4.74 Å². The summed E-state index contributed by atoms with van der Waals surface area (Å²) < 4.78 is 7.86. The summed E-state index contributed by atoms with van der Waals surface area (Å²) in [4.78, 5) is 9.35. The lowest BCUT2D eigenvalue weighted by molar-refractivity contribution is 0.144. The van der Waals surface area contributed by atoms with Crippen molar-refractivity contribution in [2.45, 2.75) is 63.6 Å². The van der Waals surface area contributed by atoms with Crippen molar-refractivity contribution in [2.75, 3.05) is 12.4 Å². The molecular weight excluding hydrogens is 392 g/mol. The van der Waals surface area contributed by atoms with Crippen LogP contribution in [0.3, 0.4) is 0 Å². The molecule has 0 spiro atoms. The summed E-state index contributed by atoms with van der Waals surface area (Å²) in [7, 11) is 1.64. The molecule has 4 atom stereocenters. The first-order valence-electron chi connectivity index (χ1n) is 11.0. The first kappa shape index (κ1) is 19.8. The fourth-order valence-corrected chi connectivity index (χ4v) is 5.29. The topological polar surface area (TPSA) is 116 Å². The molecule has 2 bridgehead atoms. The highest BCUT2D eigenvalue weighted by atomic mass is 16.5. The smallest absolute Gasteiger partial charge is 0.233 e. The molecule has 2 fully saturated rings. The van der Waals surface area contributed by atoms with Gasteiger partial charge in [-0.3, -0.25) is 5.10 Å². The molecule has 3 aromatic rings. The third-order valence-corrected chi connectivity index (χ3v) is 6.55. The predicted octanol–water partition coefficient (Wildman–Crippen LogP) is 3.59. The maximum absolute atomic E-state index is 8.92. The van der Waals surface area contributed by atoms with Gasteiger partial charge < -0.3 is 19.9 Å². The zero-order chi connectivity index (χ0) is 21.4. The molecule has 2 saturated heterocycles. The minimum atomic E-state index is 0.380. The second-order valence-electron chi connectivity index (χ2n) is 8.80. The normalized spacial score (nSPS) is 25.3. The Bertz CT molecular complexity index is 1100. The number of nitrogens with one attached hydrogen (secondary N) is 3. The number of aromatic amines is 1. The number of aromatic nitrogens is 5. The quantitative estimate of drug-likeness (QED) is 0.558. The van der Waals surface area contributed by atoms with Crippen LogP contribution in [-0.2, 0) is 0 Å². The molecule has 3 aromatic heterocycles. The second-order valence-corrected chi connectivity index (χ2v) is 8.80. The van der Waals surface area contributed by atoms with Gasteiger partial charge in [-0.15, -0.1) is 0 Å². The van der Waals surface area contributed by atoms with Gasteiger partial charge in [0.1, 0.15) is 5.65 Å². The largest absolute Gasteiger partial charge is 0.480 e. The van der Waals surface area contributed by atoms with Crippen LogP contribution in [0.2, 0.25) is 0 Å². The number of hydrogen-bond acceptors (Lipinski definition) is 7. The monoisotopic (exact) mass is 420 g/mol. The lowest BCUT2D eigenvalue weighted by atomic mass is 9.77. The van der Waals surface area contributed by atoms with Crippen molar-refractivity contribution in [2.24, 2.45) is 5.92 Å². The Morgan fingerprint density at radius 2 is 2.06 bits per heavy atom. The van der Waals surface area contributed by atoms with Crippen molar-refractivity contribution in [1.29, 1.82) is 5.26 Å². The van der Waals surface area contributed by atoms with Crippen LogP contribution in [0.15, 0.2) is 18.3 Å². The Morgan fingerprint density at radius 3 is 2.74 bits per heavy atom. The summed E-state index contributed by atoms with van der Waals surface area (Å²) in [5.74, 6) is 2.37. The van der Waals surface area contributed by atoms with Crippen LogP contribution in [-0.4, -0.2) is 43.9 Å². The van der Waals surface area contributed by atoms with Crippen LogP contribution < -0.4 is 15.4 Å². The number of methoxy groups -OCH3 is 1. The molecule has 162 valence electrons. The van der Waals surface area contributed by atoms with E-state index in [2.05, 4.69) is 42.6 Å². The van der Waals surface area contributed by atoms with Crippen LogP contribution in [0.1, 0.15) is 50.3 Å². The van der Waals surface area contributed by atoms with Crippen molar-refractivity contribution in [3.63, 3.8) is 0 Å². The molecule has 2 aliphatic heterocycles. The molecule has 0 saturated carbocycles. The number of ether oxygens (including phenoxy) is 1. The van der Waals surface area contributed by atoms with Gasteiger partial charge in [0, 0.05) is 42.5 Å². The molecule has 2 unspecified atom stereocenters. The van der Waals surface area contributed by atoms with Gasteiger partial charge in [-0.05, 0) is 51.0 Å². The number of piperidine rings is 2. The standard InChI is InChI=1S/C22H28N8O/c1-13-8-19(29-28-13)25-22-26-20-18(21(27-22)31-2)5-7-30(20)17-11-15-9-14(4-3-6-23)10-16(12-17)24-15/h5,7-8,14-17,24H,3-4,9-12H2,1-2H3,(H2,25,26,27,28,29)/t14?,15-,16+,17?. The molecule has 0 aromatic carbocycles. The molecule has 31 heavy (non-hydrogen) atoms. The maximum atomic E-state index is 8.92. The molecule has 9 nitrogen and oxygen atoms in total. The van der Waals surface area contributed by atoms with Crippen molar-refractivity contribution in [1.82, 2.24) is 30.0 Å². The highest BCUT2D eigenvalue weighted by molar-refractivity contribution is 5.83. The van der Waals surface area contributed by atoms with Crippen LogP contribution in [0, 0.1) is 24.2 Å². The van der Waals surface area contributed by atoms with Crippen molar-refractivity contribution >= 4 is 22.8 Å².